The number of nitrogens with zero attached hydrogens (tertiary/aromatic N) is 4. The predicted molar refractivity (Wildman–Crippen MR) is 68.7 cm³/mol. The summed E-state index contributed by atoms with van der Waals surface area (Å²) < 4.78 is 8.12. The number of fused-ring (bicyclic) bond motifs is 1. The lowest BCUT2D eigenvalue weighted by Crippen LogP contribution is -2.00. The van der Waals surface area contributed by atoms with Crippen molar-refractivity contribution < 1.29 is 9.53 Å². The van der Waals surface area contributed by atoms with Crippen LogP contribution in [0.2, 0.25) is 0 Å². The van der Waals surface area contributed by atoms with Crippen molar-refractivity contribution in [3.8, 4) is 11.1 Å². The zero-order valence-corrected chi connectivity index (χ0v) is 10.6. The van der Waals surface area contributed by atoms with Gasteiger partial charge in [0.15, 0.2) is 0 Å². The summed E-state index contributed by atoms with van der Waals surface area (Å²) in [5.74, 6) is -0.385. The summed E-state index contributed by atoms with van der Waals surface area (Å²) in [6.45, 7) is 0. The Hall–Kier alpha value is -2.63. The summed E-state index contributed by atoms with van der Waals surface area (Å²) in [6.07, 6.45) is 7.07. The quantitative estimate of drug-likeness (QED) is 0.652. The lowest BCUT2D eigenvalue weighted by atomic mass is 10.1. The second-order valence-electron chi connectivity index (χ2n) is 4.20. The van der Waals surface area contributed by atoms with Gasteiger partial charge in [0.2, 0.25) is 0 Å². The molecule has 0 aromatic carbocycles. The molecule has 3 rings (SSSR count). The van der Waals surface area contributed by atoms with E-state index in [2.05, 4.69) is 10.2 Å². The van der Waals surface area contributed by atoms with Crippen LogP contribution < -0.4 is 0 Å². The van der Waals surface area contributed by atoms with E-state index < -0.39 is 0 Å². The van der Waals surface area contributed by atoms with Crippen molar-refractivity contribution in [2.24, 2.45) is 7.05 Å². The minimum atomic E-state index is -0.385. The summed E-state index contributed by atoms with van der Waals surface area (Å²) in [5, 5.41) is 8.30. The molecule has 0 saturated heterocycles. The minimum Gasteiger partial charge on any atom is -0.465 e. The third-order valence-electron chi connectivity index (χ3n) is 2.96. The third-order valence-corrected chi connectivity index (χ3v) is 2.96. The number of carbonyl (C=O) groups is 1. The molecule has 0 aliphatic carbocycles. The molecule has 0 unspecified atom stereocenters. The maximum Gasteiger partial charge on any atom is 0.341 e. The number of aromatic nitrogens is 4. The Morgan fingerprint density at radius 1 is 1.16 bits per heavy atom. The number of pyridine rings is 1. The van der Waals surface area contributed by atoms with Crippen LogP contribution >= 0.6 is 0 Å². The largest absolute Gasteiger partial charge is 0.465 e. The van der Waals surface area contributed by atoms with Gasteiger partial charge >= 0.3 is 5.97 Å². The van der Waals surface area contributed by atoms with Gasteiger partial charge < -0.3 is 4.74 Å². The zero-order chi connectivity index (χ0) is 13.4. The van der Waals surface area contributed by atoms with Gasteiger partial charge in [-0.2, -0.15) is 10.2 Å². The normalized spacial score (nSPS) is 10.8. The van der Waals surface area contributed by atoms with Crippen molar-refractivity contribution in [3.63, 3.8) is 0 Å². The Kier molecular flexibility index (Phi) is 2.56. The van der Waals surface area contributed by atoms with Gasteiger partial charge in [-0.05, 0) is 6.07 Å². The van der Waals surface area contributed by atoms with Gasteiger partial charge in [-0.15, -0.1) is 0 Å². The number of rotatable bonds is 2. The van der Waals surface area contributed by atoms with Gasteiger partial charge in [0.1, 0.15) is 5.56 Å². The molecule has 3 aromatic rings. The Labute approximate surface area is 109 Å². The molecule has 0 aliphatic rings. The SMILES string of the molecule is COC(=O)c1cnn2cc(-c3cnn(C)c3)ccc12. The van der Waals surface area contributed by atoms with Crippen molar-refractivity contribution in [2.45, 2.75) is 0 Å². The summed E-state index contributed by atoms with van der Waals surface area (Å²) in [4.78, 5) is 11.6. The average molecular weight is 256 g/mol. The highest BCUT2D eigenvalue weighted by Crippen LogP contribution is 2.20. The van der Waals surface area contributed by atoms with Crippen molar-refractivity contribution in [1.82, 2.24) is 19.4 Å². The summed E-state index contributed by atoms with van der Waals surface area (Å²) >= 11 is 0. The number of methoxy groups -OCH3 is 1. The topological polar surface area (TPSA) is 61.4 Å². The first-order valence-electron chi connectivity index (χ1n) is 5.74. The lowest BCUT2D eigenvalue weighted by molar-refractivity contribution is 0.0603. The fourth-order valence-electron chi connectivity index (χ4n) is 1.99. The Balaban J connectivity index is 2.10. The van der Waals surface area contributed by atoms with Crippen LogP contribution in [0.25, 0.3) is 16.6 Å². The second-order valence-corrected chi connectivity index (χ2v) is 4.20. The average Bonchev–Trinajstić information content (AvgIpc) is 3.03. The molecule has 6 nitrogen and oxygen atoms in total. The maximum absolute atomic E-state index is 11.6. The molecule has 0 aliphatic heterocycles. The molecule has 6 heteroatoms. The summed E-state index contributed by atoms with van der Waals surface area (Å²) in [6, 6.07) is 3.78. The fraction of sp³-hybridized carbons (Fsp3) is 0.154. The number of carbonyl (C=O) groups excluding carboxylic acids is 1. The Morgan fingerprint density at radius 2 is 2.00 bits per heavy atom. The van der Waals surface area contributed by atoms with E-state index in [1.807, 2.05) is 31.6 Å². The lowest BCUT2D eigenvalue weighted by Gasteiger charge is -2.00. The number of aryl methyl sites for hydroxylation is 1. The van der Waals surface area contributed by atoms with Crippen LogP contribution in [-0.4, -0.2) is 32.5 Å². The van der Waals surface area contributed by atoms with Crippen LogP contribution in [-0.2, 0) is 11.8 Å². The zero-order valence-electron chi connectivity index (χ0n) is 10.6. The number of hydrogen-bond acceptors (Lipinski definition) is 4. The second kappa shape index (κ2) is 4.24. The van der Waals surface area contributed by atoms with Crippen LogP contribution in [0.15, 0.2) is 36.9 Å². The van der Waals surface area contributed by atoms with Crippen LogP contribution in [0.1, 0.15) is 10.4 Å². The van der Waals surface area contributed by atoms with Crippen molar-refractivity contribution in [1.29, 1.82) is 0 Å². The molecule has 0 radical (unpaired) electrons. The van der Waals surface area contributed by atoms with Gasteiger partial charge in [0, 0.05) is 30.6 Å². The van der Waals surface area contributed by atoms with Gasteiger partial charge in [-0.1, -0.05) is 6.07 Å². The predicted octanol–water partition coefficient (Wildman–Crippen LogP) is 1.52. The molecular formula is C13H12N4O2. The number of esters is 1. The molecule has 0 atom stereocenters. The van der Waals surface area contributed by atoms with E-state index in [1.54, 1.807) is 15.4 Å². The van der Waals surface area contributed by atoms with E-state index in [4.69, 9.17) is 4.74 Å². The molecule has 0 fully saturated rings. The van der Waals surface area contributed by atoms with Crippen LogP contribution in [0.3, 0.4) is 0 Å². The highest BCUT2D eigenvalue weighted by Gasteiger charge is 2.13. The van der Waals surface area contributed by atoms with E-state index in [0.717, 1.165) is 16.6 Å². The highest BCUT2D eigenvalue weighted by molar-refractivity contribution is 5.96. The first-order chi connectivity index (χ1) is 9.19. The van der Waals surface area contributed by atoms with E-state index in [-0.39, 0.29) is 5.97 Å². The summed E-state index contributed by atoms with van der Waals surface area (Å²) in [5.41, 5.74) is 3.17. The van der Waals surface area contributed by atoms with Crippen molar-refractivity contribution >= 4 is 11.5 Å². The summed E-state index contributed by atoms with van der Waals surface area (Å²) in [7, 11) is 3.22. The molecule has 96 valence electrons. The first-order valence-corrected chi connectivity index (χ1v) is 5.74. The van der Waals surface area contributed by atoms with Crippen molar-refractivity contribution in [2.75, 3.05) is 7.11 Å². The van der Waals surface area contributed by atoms with E-state index in [9.17, 15) is 4.79 Å². The first kappa shape index (κ1) is 11.5. The van der Waals surface area contributed by atoms with Gasteiger partial charge in [-0.3, -0.25) is 4.68 Å². The molecular weight excluding hydrogens is 244 g/mol. The van der Waals surface area contributed by atoms with Crippen molar-refractivity contribution in [3.05, 3.63) is 42.5 Å². The molecule has 0 amide bonds. The smallest absolute Gasteiger partial charge is 0.341 e. The molecule has 3 heterocycles. The molecule has 0 bridgehead atoms. The molecule has 0 spiro atoms. The molecule has 0 saturated carbocycles. The number of ether oxygens (including phenoxy) is 1. The standard InChI is InChI=1S/C13H12N4O2/c1-16-7-10(5-14-16)9-3-4-12-11(13(18)19-2)6-15-17(12)8-9/h3-8H,1-2H3. The Morgan fingerprint density at radius 3 is 2.68 bits per heavy atom. The minimum absolute atomic E-state index is 0.385. The molecule has 0 N–H and O–H groups in total. The molecule has 19 heavy (non-hydrogen) atoms. The van der Waals surface area contributed by atoms with E-state index in [0.29, 0.717) is 5.56 Å². The van der Waals surface area contributed by atoms with Gasteiger partial charge in [0.05, 0.1) is 25.0 Å². The number of hydrogen-bond donors (Lipinski definition) is 0. The highest BCUT2D eigenvalue weighted by atomic mass is 16.5. The fourth-order valence-corrected chi connectivity index (χ4v) is 1.99. The monoisotopic (exact) mass is 256 g/mol. The van der Waals surface area contributed by atoms with Crippen LogP contribution in [0.5, 0.6) is 0 Å². The van der Waals surface area contributed by atoms with Crippen LogP contribution in [0, 0.1) is 0 Å². The van der Waals surface area contributed by atoms with Crippen LogP contribution in [0.4, 0.5) is 0 Å². The van der Waals surface area contributed by atoms with E-state index in [1.165, 1.54) is 13.3 Å². The third kappa shape index (κ3) is 1.87. The molecule has 3 aromatic heterocycles. The Bertz CT molecular complexity index is 757. The van der Waals surface area contributed by atoms with E-state index >= 15 is 0 Å². The van der Waals surface area contributed by atoms with Gasteiger partial charge in [-0.25, -0.2) is 9.31 Å². The van der Waals surface area contributed by atoms with Gasteiger partial charge in [0.25, 0.3) is 0 Å². The maximum atomic E-state index is 11.6.